The van der Waals surface area contributed by atoms with Crippen LogP contribution in [0.3, 0.4) is 0 Å². The second-order valence-corrected chi connectivity index (χ2v) is 4.56. The van der Waals surface area contributed by atoms with Gasteiger partial charge in [0.1, 0.15) is 11.5 Å². The lowest BCUT2D eigenvalue weighted by atomic mass is 10.1. The number of aromatic hydroxyl groups is 1. The molecule has 0 aliphatic carbocycles. The number of phenolic OH excluding ortho intramolecular Hbond substituents is 1. The van der Waals surface area contributed by atoms with Crippen LogP contribution in [0.15, 0.2) is 42.5 Å². The van der Waals surface area contributed by atoms with E-state index in [0.29, 0.717) is 11.4 Å². The van der Waals surface area contributed by atoms with Crippen molar-refractivity contribution in [1.29, 1.82) is 0 Å². The van der Waals surface area contributed by atoms with Crippen LogP contribution < -0.4 is 15.4 Å². The van der Waals surface area contributed by atoms with Crippen LogP contribution >= 0.6 is 0 Å². The van der Waals surface area contributed by atoms with Crippen molar-refractivity contribution in [2.75, 3.05) is 19.5 Å². The first kappa shape index (κ1) is 14.9. The van der Waals surface area contributed by atoms with Crippen molar-refractivity contribution < 1.29 is 14.6 Å². The molecule has 110 valence electrons. The maximum absolute atomic E-state index is 12.1. The van der Waals surface area contributed by atoms with E-state index >= 15 is 0 Å². The van der Waals surface area contributed by atoms with E-state index in [9.17, 15) is 9.90 Å². The lowest BCUT2D eigenvalue weighted by Crippen LogP contribution is -2.12. The molecule has 0 aromatic heterocycles. The highest BCUT2D eigenvalue weighted by Crippen LogP contribution is 2.24. The lowest BCUT2D eigenvalue weighted by molar-refractivity contribution is 0.102. The molecular weight excluding hydrogens is 268 g/mol. The van der Waals surface area contributed by atoms with Gasteiger partial charge in [0.05, 0.1) is 12.7 Å². The Bertz CT molecular complexity index is 624. The van der Waals surface area contributed by atoms with Gasteiger partial charge in [-0.2, -0.15) is 0 Å². The Balaban J connectivity index is 2.10. The predicted octanol–water partition coefficient (Wildman–Crippen LogP) is 2.37. The van der Waals surface area contributed by atoms with E-state index in [0.717, 1.165) is 12.1 Å². The molecule has 2 aromatic carbocycles. The van der Waals surface area contributed by atoms with Gasteiger partial charge in [0, 0.05) is 18.3 Å². The molecule has 0 fully saturated rings. The monoisotopic (exact) mass is 286 g/mol. The normalized spacial score (nSPS) is 10.2. The minimum Gasteiger partial charge on any atom is -0.507 e. The zero-order valence-electron chi connectivity index (χ0n) is 12.0. The molecule has 21 heavy (non-hydrogen) atoms. The number of nitrogens with one attached hydrogen (secondary N) is 2. The summed E-state index contributed by atoms with van der Waals surface area (Å²) in [6, 6.07) is 12.1. The first-order valence-corrected chi connectivity index (χ1v) is 6.56. The van der Waals surface area contributed by atoms with Crippen molar-refractivity contribution in [1.82, 2.24) is 5.32 Å². The minimum absolute atomic E-state index is 0.112. The number of anilines is 1. The van der Waals surface area contributed by atoms with Crippen LogP contribution in [0.25, 0.3) is 0 Å². The van der Waals surface area contributed by atoms with Gasteiger partial charge < -0.3 is 20.5 Å². The maximum atomic E-state index is 12.1. The van der Waals surface area contributed by atoms with Crippen LogP contribution in [0.5, 0.6) is 11.5 Å². The summed E-state index contributed by atoms with van der Waals surface area (Å²) in [7, 11) is 3.38. The first-order chi connectivity index (χ1) is 10.1. The summed E-state index contributed by atoms with van der Waals surface area (Å²) in [6.45, 7) is 0.771. The average molecular weight is 286 g/mol. The molecule has 0 spiro atoms. The Labute approximate surface area is 123 Å². The number of ether oxygens (including phenoxy) is 1. The van der Waals surface area contributed by atoms with E-state index in [2.05, 4.69) is 10.6 Å². The summed E-state index contributed by atoms with van der Waals surface area (Å²) in [5.41, 5.74) is 2.01. The number of carbonyl (C=O) groups excluding carboxylic acids is 1. The molecule has 2 aromatic rings. The highest BCUT2D eigenvalue weighted by Gasteiger charge is 2.12. The van der Waals surface area contributed by atoms with Crippen LogP contribution in [0, 0.1) is 0 Å². The zero-order chi connectivity index (χ0) is 15.2. The minimum atomic E-state index is -0.364. The van der Waals surface area contributed by atoms with E-state index in [1.807, 2.05) is 31.3 Å². The topological polar surface area (TPSA) is 70.6 Å². The zero-order valence-corrected chi connectivity index (χ0v) is 12.0. The lowest BCUT2D eigenvalue weighted by Gasteiger charge is -2.09. The molecule has 0 atom stereocenters. The summed E-state index contributed by atoms with van der Waals surface area (Å²) in [5, 5.41) is 15.6. The fraction of sp³-hybridized carbons (Fsp3) is 0.188. The first-order valence-electron chi connectivity index (χ1n) is 6.56. The van der Waals surface area contributed by atoms with Crippen molar-refractivity contribution in [3.8, 4) is 11.5 Å². The molecule has 1 amide bonds. The van der Waals surface area contributed by atoms with E-state index in [1.54, 1.807) is 6.07 Å². The second-order valence-electron chi connectivity index (χ2n) is 4.56. The fourth-order valence-corrected chi connectivity index (χ4v) is 1.94. The average Bonchev–Trinajstić information content (AvgIpc) is 2.49. The van der Waals surface area contributed by atoms with Crippen molar-refractivity contribution in [2.45, 2.75) is 6.54 Å². The quantitative estimate of drug-likeness (QED) is 0.789. The van der Waals surface area contributed by atoms with Crippen LogP contribution in [0.4, 0.5) is 5.69 Å². The number of carbonyl (C=O) groups is 1. The van der Waals surface area contributed by atoms with Crippen molar-refractivity contribution >= 4 is 11.6 Å². The summed E-state index contributed by atoms with van der Waals surface area (Å²) in [4.78, 5) is 12.1. The molecule has 0 aliphatic heterocycles. The number of benzene rings is 2. The number of phenols is 1. The predicted molar refractivity (Wildman–Crippen MR) is 81.8 cm³/mol. The highest BCUT2D eigenvalue weighted by molar-refractivity contribution is 6.06. The number of amides is 1. The molecule has 5 heteroatoms. The molecule has 2 rings (SSSR count). The third kappa shape index (κ3) is 3.73. The van der Waals surface area contributed by atoms with Crippen LogP contribution in [-0.2, 0) is 6.54 Å². The van der Waals surface area contributed by atoms with Gasteiger partial charge in [-0.1, -0.05) is 12.1 Å². The Morgan fingerprint density at radius 2 is 1.90 bits per heavy atom. The summed E-state index contributed by atoms with van der Waals surface area (Å²) in [6.07, 6.45) is 0. The molecule has 0 heterocycles. The molecule has 0 unspecified atom stereocenters. The van der Waals surface area contributed by atoms with Gasteiger partial charge in [-0.25, -0.2) is 0 Å². The SMILES string of the molecule is CNCc1ccc(NC(=O)c2ccc(OC)cc2O)cc1. The molecular formula is C16H18N2O3. The van der Waals surface area contributed by atoms with Gasteiger partial charge in [-0.15, -0.1) is 0 Å². The Morgan fingerprint density at radius 3 is 2.48 bits per heavy atom. The van der Waals surface area contributed by atoms with Gasteiger partial charge in [0.15, 0.2) is 0 Å². The molecule has 0 aliphatic rings. The smallest absolute Gasteiger partial charge is 0.259 e. The van der Waals surface area contributed by atoms with Crippen LogP contribution in [0.2, 0.25) is 0 Å². The van der Waals surface area contributed by atoms with Gasteiger partial charge in [-0.05, 0) is 36.9 Å². The highest BCUT2D eigenvalue weighted by atomic mass is 16.5. The molecule has 0 saturated carbocycles. The number of hydrogen-bond acceptors (Lipinski definition) is 4. The second kappa shape index (κ2) is 6.76. The van der Waals surface area contributed by atoms with Gasteiger partial charge in [0.2, 0.25) is 0 Å². The standard InChI is InChI=1S/C16H18N2O3/c1-17-10-11-3-5-12(6-4-11)18-16(20)14-8-7-13(21-2)9-15(14)19/h3-9,17,19H,10H2,1-2H3,(H,18,20). The Hall–Kier alpha value is -2.53. The third-order valence-corrected chi connectivity index (χ3v) is 3.04. The summed E-state index contributed by atoms with van der Waals surface area (Å²) < 4.78 is 4.99. The summed E-state index contributed by atoms with van der Waals surface area (Å²) in [5.74, 6) is 0.0237. The largest absolute Gasteiger partial charge is 0.507 e. The third-order valence-electron chi connectivity index (χ3n) is 3.04. The van der Waals surface area contributed by atoms with Gasteiger partial charge in [0.25, 0.3) is 5.91 Å². The van der Waals surface area contributed by atoms with Crippen molar-refractivity contribution in [3.05, 3.63) is 53.6 Å². The number of rotatable bonds is 5. The van der Waals surface area contributed by atoms with E-state index < -0.39 is 0 Å². The molecule has 0 bridgehead atoms. The molecule has 0 saturated heterocycles. The van der Waals surface area contributed by atoms with Gasteiger partial charge >= 0.3 is 0 Å². The summed E-state index contributed by atoms with van der Waals surface area (Å²) >= 11 is 0. The number of hydrogen-bond donors (Lipinski definition) is 3. The van der Waals surface area contributed by atoms with Crippen LogP contribution in [-0.4, -0.2) is 25.2 Å². The van der Waals surface area contributed by atoms with E-state index in [-0.39, 0.29) is 17.2 Å². The van der Waals surface area contributed by atoms with Gasteiger partial charge in [-0.3, -0.25) is 4.79 Å². The Kier molecular flexibility index (Phi) is 4.79. The Morgan fingerprint density at radius 1 is 1.19 bits per heavy atom. The molecule has 3 N–H and O–H groups in total. The van der Waals surface area contributed by atoms with Crippen LogP contribution in [0.1, 0.15) is 15.9 Å². The molecule has 0 radical (unpaired) electrons. The number of methoxy groups -OCH3 is 1. The van der Waals surface area contributed by atoms with Crippen molar-refractivity contribution in [2.24, 2.45) is 0 Å². The fourth-order valence-electron chi connectivity index (χ4n) is 1.94. The maximum Gasteiger partial charge on any atom is 0.259 e. The molecule has 5 nitrogen and oxygen atoms in total. The van der Waals surface area contributed by atoms with Crippen molar-refractivity contribution in [3.63, 3.8) is 0 Å². The van der Waals surface area contributed by atoms with E-state index in [4.69, 9.17) is 4.74 Å². The van der Waals surface area contributed by atoms with E-state index in [1.165, 1.54) is 19.2 Å².